The Labute approximate surface area is 151 Å². The van der Waals surface area contributed by atoms with Crippen LogP contribution in [0.2, 0.25) is 0 Å². The molecule has 1 atom stereocenters. The maximum atomic E-state index is 14.5. The Bertz CT molecular complexity index is 913. The van der Waals surface area contributed by atoms with Gasteiger partial charge in [-0.1, -0.05) is 18.2 Å². The highest BCUT2D eigenvalue weighted by Gasteiger charge is 2.28. The summed E-state index contributed by atoms with van der Waals surface area (Å²) in [6.45, 7) is 1.96. The number of ether oxygens (including phenoxy) is 2. The van der Waals surface area contributed by atoms with E-state index >= 15 is 0 Å². The Kier molecular flexibility index (Phi) is 5.17. The van der Waals surface area contributed by atoms with E-state index in [1.165, 1.54) is 12.1 Å². The van der Waals surface area contributed by atoms with Crippen LogP contribution in [-0.4, -0.2) is 19.3 Å². The molecule has 0 spiro atoms. The lowest BCUT2D eigenvalue weighted by atomic mass is 10.1. The van der Waals surface area contributed by atoms with Gasteiger partial charge in [-0.25, -0.2) is 4.39 Å². The number of hydrogen-bond donors (Lipinski definition) is 0. The van der Waals surface area contributed by atoms with Crippen molar-refractivity contribution in [2.45, 2.75) is 13.0 Å². The maximum absolute atomic E-state index is 14.5. The highest BCUT2D eigenvalue weighted by atomic mass is 19.1. The van der Waals surface area contributed by atoms with Gasteiger partial charge in [-0.05, 0) is 31.2 Å². The molecule has 0 amide bonds. The van der Waals surface area contributed by atoms with Gasteiger partial charge in [0.05, 0.1) is 36.1 Å². The van der Waals surface area contributed by atoms with Crippen LogP contribution in [0.1, 0.15) is 6.92 Å². The number of anilines is 1. The second-order valence-electron chi connectivity index (χ2n) is 5.70. The molecule has 26 heavy (non-hydrogen) atoms. The minimum absolute atomic E-state index is 0.0189. The number of rotatable bonds is 5. The summed E-state index contributed by atoms with van der Waals surface area (Å²) in [4.78, 5) is 1.59. The van der Waals surface area contributed by atoms with E-state index in [2.05, 4.69) is 6.07 Å². The van der Waals surface area contributed by atoms with E-state index < -0.39 is 5.82 Å². The molecule has 6 heteroatoms. The minimum atomic E-state index is -0.555. The maximum Gasteiger partial charge on any atom is 0.167 e. The van der Waals surface area contributed by atoms with Crippen molar-refractivity contribution < 1.29 is 13.9 Å². The van der Waals surface area contributed by atoms with E-state index in [1.54, 1.807) is 42.2 Å². The molecule has 2 aromatic carbocycles. The smallest absolute Gasteiger partial charge is 0.167 e. The SMILES string of the molecule is CC1OCC(N(CC#N)c2ccc(Oc3ccccc3)c(F)c2)=C1C#N. The third-order valence-corrected chi connectivity index (χ3v) is 4.06. The van der Waals surface area contributed by atoms with Crippen LogP contribution in [0.3, 0.4) is 0 Å². The number of nitrogens with zero attached hydrogens (tertiary/aromatic N) is 3. The molecule has 0 bridgehead atoms. The molecule has 5 nitrogen and oxygen atoms in total. The van der Waals surface area contributed by atoms with Crippen molar-refractivity contribution in [3.8, 4) is 23.6 Å². The summed E-state index contributed by atoms with van der Waals surface area (Å²) >= 11 is 0. The van der Waals surface area contributed by atoms with Crippen LogP contribution in [0.25, 0.3) is 0 Å². The van der Waals surface area contributed by atoms with Gasteiger partial charge in [0, 0.05) is 11.8 Å². The van der Waals surface area contributed by atoms with Gasteiger partial charge in [0.25, 0.3) is 0 Å². The fourth-order valence-electron chi connectivity index (χ4n) is 2.75. The molecule has 0 radical (unpaired) electrons. The van der Waals surface area contributed by atoms with E-state index in [9.17, 15) is 9.65 Å². The van der Waals surface area contributed by atoms with Crippen LogP contribution >= 0.6 is 0 Å². The zero-order valence-corrected chi connectivity index (χ0v) is 14.1. The fourth-order valence-corrected chi connectivity index (χ4v) is 2.75. The quantitative estimate of drug-likeness (QED) is 0.759. The molecular weight excluding hydrogens is 333 g/mol. The monoisotopic (exact) mass is 349 g/mol. The molecule has 1 unspecified atom stereocenters. The molecule has 3 rings (SSSR count). The largest absolute Gasteiger partial charge is 0.454 e. The Morgan fingerprint density at radius 3 is 2.65 bits per heavy atom. The van der Waals surface area contributed by atoms with Crippen molar-refractivity contribution >= 4 is 5.69 Å². The summed E-state index contributed by atoms with van der Waals surface area (Å²) in [7, 11) is 0. The van der Waals surface area contributed by atoms with Crippen molar-refractivity contribution in [2.75, 3.05) is 18.1 Å². The van der Waals surface area contributed by atoms with Crippen molar-refractivity contribution in [3.63, 3.8) is 0 Å². The van der Waals surface area contributed by atoms with Crippen LogP contribution in [0, 0.1) is 28.5 Å². The summed E-state index contributed by atoms with van der Waals surface area (Å²) in [6.07, 6.45) is -0.346. The predicted molar refractivity (Wildman–Crippen MR) is 93.9 cm³/mol. The molecule has 1 heterocycles. The second kappa shape index (κ2) is 7.69. The fraction of sp³-hybridized carbons (Fsp3) is 0.200. The van der Waals surface area contributed by atoms with Crippen LogP contribution in [0.15, 0.2) is 59.8 Å². The lowest BCUT2D eigenvalue weighted by molar-refractivity contribution is 0.135. The zero-order valence-electron chi connectivity index (χ0n) is 14.1. The van der Waals surface area contributed by atoms with Gasteiger partial charge in [0.2, 0.25) is 0 Å². The highest BCUT2D eigenvalue weighted by Crippen LogP contribution is 2.32. The van der Waals surface area contributed by atoms with E-state index in [-0.39, 0.29) is 25.0 Å². The molecule has 2 aromatic rings. The average Bonchev–Trinajstić information content (AvgIpc) is 3.02. The van der Waals surface area contributed by atoms with E-state index in [0.717, 1.165) is 0 Å². The number of nitriles is 2. The Morgan fingerprint density at radius 1 is 1.23 bits per heavy atom. The third kappa shape index (κ3) is 3.51. The molecule has 0 N–H and O–H groups in total. The Morgan fingerprint density at radius 2 is 2.00 bits per heavy atom. The molecule has 0 saturated carbocycles. The second-order valence-corrected chi connectivity index (χ2v) is 5.70. The topological polar surface area (TPSA) is 69.3 Å². The first-order chi connectivity index (χ1) is 12.6. The van der Waals surface area contributed by atoms with Crippen LogP contribution < -0.4 is 9.64 Å². The molecule has 1 aliphatic rings. The van der Waals surface area contributed by atoms with E-state index in [0.29, 0.717) is 22.7 Å². The van der Waals surface area contributed by atoms with Gasteiger partial charge in [-0.2, -0.15) is 10.5 Å². The molecule has 0 aromatic heterocycles. The summed E-state index contributed by atoms with van der Waals surface area (Å²) < 4.78 is 25.6. The normalized spacial score (nSPS) is 16.1. The third-order valence-electron chi connectivity index (χ3n) is 4.06. The minimum Gasteiger partial charge on any atom is -0.454 e. The van der Waals surface area contributed by atoms with Gasteiger partial charge >= 0.3 is 0 Å². The van der Waals surface area contributed by atoms with Gasteiger partial charge in [0.1, 0.15) is 12.3 Å². The molecule has 0 fully saturated rings. The number of hydrogen-bond acceptors (Lipinski definition) is 5. The van der Waals surface area contributed by atoms with Gasteiger partial charge in [-0.15, -0.1) is 0 Å². The van der Waals surface area contributed by atoms with Crippen molar-refractivity contribution in [3.05, 3.63) is 65.6 Å². The van der Waals surface area contributed by atoms with Crippen LogP contribution in [0.4, 0.5) is 10.1 Å². The lowest BCUT2D eigenvalue weighted by Crippen LogP contribution is -2.24. The van der Waals surface area contributed by atoms with Crippen molar-refractivity contribution in [2.24, 2.45) is 0 Å². The molecule has 0 saturated heterocycles. The number of benzene rings is 2. The van der Waals surface area contributed by atoms with Gasteiger partial charge in [-0.3, -0.25) is 0 Å². The van der Waals surface area contributed by atoms with Gasteiger partial charge in [0.15, 0.2) is 11.6 Å². The summed E-state index contributed by atoms with van der Waals surface area (Å²) in [5.41, 5.74) is 1.49. The standard InChI is InChI=1S/C20H16FN3O2/c1-14-17(12-23)19(13-25-14)24(10-9-22)15-7-8-20(18(21)11-15)26-16-5-3-2-4-6-16/h2-8,11,14H,10,13H2,1H3. The first-order valence-corrected chi connectivity index (χ1v) is 8.05. The lowest BCUT2D eigenvalue weighted by Gasteiger charge is -2.23. The predicted octanol–water partition coefficient (Wildman–Crippen LogP) is 4.14. The number of para-hydroxylation sites is 1. The highest BCUT2D eigenvalue weighted by molar-refractivity contribution is 5.58. The van der Waals surface area contributed by atoms with Crippen LogP contribution in [-0.2, 0) is 4.74 Å². The summed E-state index contributed by atoms with van der Waals surface area (Å²) in [5, 5.41) is 18.5. The van der Waals surface area contributed by atoms with E-state index in [4.69, 9.17) is 14.7 Å². The molecule has 1 aliphatic heterocycles. The Hall–Kier alpha value is -3.35. The Balaban J connectivity index is 1.92. The van der Waals surface area contributed by atoms with Crippen molar-refractivity contribution in [1.29, 1.82) is 10.5 Å². The van der Waals surface area contributed by atoms with E-state index in [1.807, 2.05) is 12.1 Å². The molecular formula is C20H16FN3O2. The van der Waals surface area contributed by atoms with Crippen LogP contribution in [0.5, 0.6) is 11.5 Å². The summed E-state index contributed by atoms with van der Waals surface area (Å²) in [5.74, 6) is 0.0586. The van der Waals surface area contributed by atoms with Gasteiger partial charge < -0.3 is 14.4 Å². The zero-order chi connectivity index (χ0) is 18.5. The molecule has 0 aliphatic carbocycles. The number of halogens is 1. The summed E-state index contributed by atoms with van der Waals surface area (Å²) in [6, 6.07) is 17.5. The first-order valence-electron chi connectivity index (χ1n) is 8.05. The van der Waals surface area contributed by atoms with Crippen molar-refractivity contribution in [1.82, 2.24) is 0 Å². The molecule has 130 valence electrons. The first kappa shape index (κ1) is 17.5. The average molecular weight is 349 g/mol.